The van der Waals surface area contributed by atoms with Gasteiger partial charge in [0, 0.05) is 0 Å². The Morgan fingerprint density at radius 3 is 1.30 bits per heavy atom. The second kappa shape index (κ2) is 4.09. The van der Waals surface area contributed by atoms with Gasteiger partial charge in [-0.05, 0) is 0 Å². The Labute approximate surface area is 62.4 Å². The number of hydrogen-bond acceptors (Lipinski definition) is 4. The largest absolute Gasteiger partial charge is 0.381 e. The second-order valence-electron chi connectivity index (χ2n) is 1.62. The lowest BCUT2D eigenvalue weighted by atomic mass is 10.3. The summed E-state index contributed by atoms with van der Waals surface area (Å²) < 4.78 is 0. The minimum Gasteiger partial charge on any atom is -0.381 e. The molecule has 2 N–H and O–H groups in total. The highest BCUT2D eigenvalue weighted by Gasteiger charge is 2.22. The molecule has 4 nitrogen and oxygen atoms in total. The summed E-state index contributed by atoms with van der Waals surface area (Å²) in [5.41, 5.74) is 0. The van der Waals surface area contributed by atoms with Crippen LogP contribution in [0.3, 0.4) is 0 Å². The zero-order chi connectivity index (χ0) is 8.31. The molecule has 0 heterocycles. The number of hydrogen-bond donors (Lipinski definition) is 2. The summed E-state index contributed by atoms with van der Waals surface area (Å²) in [5, 5.41) is 17.0. The molecule has 10 heavy (non-hydrogen) atoms. The average molecular weight is 182 g/mol. The summed E-state index contributed by atoms with van der Waals surface area (Å²) in [6, 6.07) is 0. The number of Topliss-reactive ketones (excluding diaryl/α,β-unsaturated/α-hetero) is 2. The van der Waals surface area contributed by atoms with Crippen LogP contribution in [0.15, 0.2) is 0 Å². The molecule has 0 aromatic rings. The Morgan fingerprint density at radius 2 is 1.20 bits per heavy atom. The minimum absolute atomic E-state index is 1.01. The van der Waals surface area contributed by atoms with E-state index in [9.17, 15) is 9.59 Å². The van der Waals surface area contributed by atoms with Crippen molar-refractivity contribution in [2.75, 3.05) is 0 Å². The fourth-order valence-electron chi connectivity index (χ4n) is 0.292. The van der Waals surface area contributed by atoms with E-state index >= 15 is 0 Å². The fourth-order valence-corrected chi connectivity index (χ4v) is 0.620. The number of carbonyl (C=O) groups is 2. The van der Waals surface area contributed by atoms with Gasteiger partial charge in [-0.3, -0.25) is 9.59 Å². The van der Waals surface area contributed by atoms with Gasteiger partial charge in [0.05, 0.1) is 0 Å². The van der Waals surface area contributed by atoms with Crippen molar-refractivity contribution >= 4 is 30.0 Å². The number of rotatable bonds is 3. The lowest BCUT2D eigenvalue weighted by Crippen LogP contribution is -2.29. The number of carbonyl (C=O) groups excluding carboxylic acids is 2. The van der Waals surface area contributed by atoms with E-state index in [4.69, 9.17) is 10.2 Å². The van der Waals surface area contributed by atoms with Crippen LogP contribution in [0.2, 0.25) is 0 Å². The van der Waals surface area contributed by atoms with Gasteiger partial charge < -0.3 is 10.2 Å². The predicted molar refractivity (Wildman–Crippen MR) is 41.4 cm³/mol. The SMILES string of the molecule is O=C(C(=O)C(O)P)C(O)P. The standard InChI is InChI=1S/C4H8O4P2/c5-1(3(7)9)2(6)4(8)10/h3-4,7-8H,9-10H2. The highest BCUT2D eigenvalue weighted by molar-refractivity contribution is 7.21. The summed E-state index contributed by atoms with van der Waals surface area (Å²) in [5.74, 6) is -4.84. The second-order valence-corrected chi connectivity index (χ2v) is 2.88. The maximum Gasteiger partial charge on any atom is 0.233 e. The highest BCUT2D eigenvalue weighted by Crippen LogP contribution is 2.03. The van der Waals surface area contributed by atoms with Crippen LogP contribution in [0.25, 0.3) is 0 Å². The summed E-state index contributed by atoms with van der Waals surface area (Å²) in [6.07, 6.45) is 0. The monoisotopic (exact) mass is 182 g/mol. The molecule has 0 aromatic heterocycles. The van der Waals surface area contributed by atoms with Crippen molar-refractivity contribution in [2.45, 2.75) is 11.7 Å². The van der Waals surface area contributed by atoms with Gasteiger partial charge in [0.2, 0.25) is 11.6 Å². The predicted octanol–water partition coefficient (Wildman–Crippen LogP) is -1.49. The molecule has 0 amide bonds. The van der Waals surface area contributed by atoms with Gasteiger partial charge in [-0.15, -0.1) is 0 Å². The summed E-state index contributed by atoms with van der Waals surface area (Å²) in [4.78, 5) is 21.0. The zero-order valence-corrected chi connectivity index (χ0v) is 7.33. The molecule has 0 aromatic carbocycles. The Morgan fingerprint density at radius 1 is 1.00 bits per heavy atom. The van der Waals surface area contributed by atoms with E-state index < -0.39 is 23.3 Å². The van der Waals surface area contributed by atoms with E-state index in [1.165, 1.54) is 0 Å². The normalized spacial score (nSPS) is 16.0. The number of aliphatic hydroxyl groups is 2. The molecule has 0 aliphatic heterocycles. The van der Waals surface area contributed by atoms with Gasteiger partial charge in [0.1, 0.15) is 11.7 Å². The van der Waals surface area contributed by atoms with E-state index in [0.717, 1.165) is 0 Å². The van der Waals surface area contributed by atoms with E-state index in [-0.39, 0.29) is 0 Å². The molecule has 4 unspecified atom stereocenters. The van der Waals surface area contributed by atoms with Crippen LogP contribution in [0.4, 0.5) is 0 Å². The zero-order valence-electron chi connectivity index (χ0n) is 5.02. The van der Waals surface area contributed by atoms with Crippen molar-refractivity contribution in [1.82, 2.24) is 0 Å². The lowest BCUT2D eigenvalue weighted by Gasteiger charge is -2.02. The van der Waals surface area contributed by atoms with E-state index in [0.29, 0.717) is 0 Å². The molecule has 0 bridgehead atoms. The van der Waals surface area contributed by atoms with Crippen LogP contribution in [-0.2, 0) is 9.59 Å². The first kappa shape index (κ1) is 10.1. The fraction of sp³-hybridized carbons (Fsp3) is 0.500. The van der Waals surface area contributed by atoms with Gasteiger partial charge in [-0.25, -0.2) is 0 Å². The van der Waals surface area contributed by atoms with E-state index in [1.54, 1.807) is 18.5 Å². The van der Waals surface area contributed by atoms with E-state index in [1.807, 2.05) is 0 Å². The summed E-state index contributed by atoms with van der Waals surface area (Å²) in [7, 11) is 3.50. The van der Waals surface area contributed by atoms with Crippen molar-refractivity contribution < 1.29 is 19.8 Å². The van der Waals surface area contributed by atoms with Gasteiger partial charge >= 0.3 is 0 Å². The van der Waals surface area contributed by atoms with Gasteiger partial charge in [0.15, 0.2) is 0 Å². The quantitative estimate of drug-likeness (QED) is 0.412. The molecule has 0 fully saturated rings. The Balaban J connectivity index is 4.10. The van der Waals surface area contributed by atoms with Crippen molar-refractivity contribution in [3.05, 3.63) is 0 Å². The van der Waals surface area contributed by atoms with Gasteiger partial charge in [0.25, 0.3) is 0 Å². The van der Waals surface area contributed by atoms with Gasteiger partial charge in [-0.2, -0.15) is 0 Å². The Hall–Kier alpha value is 0.120. The molecule has 0 saturated heterocycles. The van der Waals surface area contributed by atoms with E-state index in [2.05, 4.69) is 0 Å². The third-order valence-corrected chi connectivity index (χ3v) is 1.39. The third kappa shape index (κ3) is 2.80. The molecule has 0 aliphatic carbocycles. The highest BCUT2D eigenvalue weighted by atomic mass is 31.0. The summed E-state index contributed by atoms with van der Waals surface area (Å²) in [6.45, 7) is 0. The smallest absolute Gasteiger partial charge is 0.233 e. The number of ketones is 2. The van der Waals surface area contributed by atoms with Crippen molar-refractivity contribution in [3.8, 4) is 0 Å². The molecule has 58 valence electrons. The first-order chi connectivity index (χ1) is 4.46. The van der Waals surface area contributed by atoms with Gasteiger partial charge in [-0.1, -0.05) is 18.5 Å². The minimum atomic E-state index is -1.41. The molecule has 6 heteroatoms. The van der Waals surface area contributed by atoms with Crippen molar-refractivity contribution in [3.63, 3.8) is 0 Å². The first-order valence-corrected chi connectivity index (χ1v) is 3.75. The topological polar surface area (TPSA) is 74.6 Å². The molecule has 0 saturated carbocycles. The summed E-state index contributed by atoms with van der Waals surface area (Å²) >= 11 is 0. The van der Waals surface area contributed by atoms with Crippen LogP contribution >= 0.6 is 18.5 Å². The average Bonchev–Trinajstić information content (AvgIpc) is 1.84. The lowest BCUT2D eigenvalue weighted by molar-refractivity contribution is -0.141. The number of aliphatic hydroxyl groups excluding tert-OH is 2. The Kier molecular flexibility index (Phi) is 4.14. The van der Waals surface area contributed by atoms with Crippen LogP contribution < -0.4 is 0 Å². The third-order valence-electron chi connectivity index (χ3n) is 0.780. The molecule has 4 atom stereocenters. The van der Waals surface area contributed by atoms with Crippen molar-refractivity contribution in [1.29, 1.82) is 0 Å². The molecule has 0 aliphatic rings. The first-order valence-electron chi connectivity index (χ1n) is 2.42. The van der Waals surface area contributed by atoms with Crippen LogP contribution in [0.1, 0.15) is 0 Å². The van der Waals surface area contributed by atoms with Crippen molar-refractivity contribution in [2.24, 2.45) is 0 Å². The van der Waals surface area contributed by atoms with Crippen LogP contribution in [0.5, 0.6) is 0 Å². The maximum atomic E-state index is 10.5. The molecule has 0 rings (SSSR count). The molecule has 0 spiro atoms. The van der Waals surface area contributed by atoms with Crippen LogP contribution in [0, 0.1) is 0 Å². The van der Waals surface area contributed by atoms with Crippen LogP contribution in [-0.4, -0.2) is 33.5 Å². The molecule has 0 radical (unpaired) electrons. The maximum absolute atomic E-state index is 10.5. The Bertz CT molecular complexity index is 135. The molecular weight excluding hydrogens is 174 g/mol. The molecular formula is C4H8O4P2.